The van der Waals surface area contributed by atoms with Gasteiger partial charge < -0.3 is 20.7 Å². The molecule has 0 saturated heterocycles. The number of benzene rings is 1. The molecule has 11 nitrogen and oxygen atoms in total. The topological polar surface area (TPSA) is 144 Å². The Hall–Kier alpha value is -3.76. The van der Waals surface area contributed by atoms with Crippen LogP contribution >= 0.6 is 0 Å². The fraction of sp³-hybridized carbons (Fsp3) is 0.455. The van der Waals surface area contributed by atoms with Gasteiger partial charge in [0.2, 0.25) is 11.7 Å². The lowest BCUT2D eigenvalue weighted by atomic mass is 10.0. The van der Waals surface area contributed by atoms with Gasteiger partial charge in [0.15, 0.2) is 0 Å². The van der Waals surface area contributed by atoms with Crippen molar-refractivity contribution in [1.29, 1.82) is 0 Å². The number of nitrogens with one attached hydrogen (secondary N) is 3. The zero-order valence-electron chi connectivity index (χ0n) is 18.6. The molecule has 1 aliphatic rings. The van der Waals surface area contributed by atoms with Crippen LogP contribution in [0.2, 0.25) is 0 Å². The molecule has 1 aromatic carbocycles. The number of carbonyl (C=O) groups is 4. The van der Waals surface area contributed by atoms with E-state index in [0.29, 0.717) is 25.3 Å². The molecule has 3 amide bonds. The number of ether oxygens (including phenoxy) is 1. The molecule has 3 N–H and O–H groups in total. The summed E-state index contributed by atoms with van der Waals surface area (Å²) < 4.78 is 6.85. The number of aryl methyl sites for hydroxylation is 1. The van der Waals surface area contributed by atoms with Crippen LogP contribution < -0.4 is 16.0 Å². The average molecular weight is 457 g/mol. The molecule has 2 unspecified atom stereocenters. The fourth-order valence-electron chi connectivity index (χ4n) is 3.39. The predicted molar refractivity (Wildman–Crippen MR) is 117 cm³/mol. The van der Waals surface area contributed by atoms with Gasteiger partial charge >= 0.3 is 6.09 Å². The van der Waals surface area contributed by atoms with Crippen LogP contribution in [0, 0.1) is 5.92 Å². The Morgan fingerprint density at radius 2 is 2.00 bits per heavy atom. The summed E-state index contributed by atoms with van der Waals surface area (Å²) in [6, 6.07) is 7.01. The quantitative estimate of drug-likeness (QED) is 0.532. The molecule has 0 saturated carbocycles. The van der Waals surface area contributed by atoms with Crippen LogP contribution in [0.15, 0.2) is 36.7 Å². The molecule has 11 heteroatoms. The molecule has 176 valence electrons. The maximum absolute atomic E-state index is 13.0. The summed E-state index contributed by atoms with van der Waals surface area (Å²) in [5, 5.41) is 11.8. The third-order valence-electron chi connectivity index (χ3n) is 5.21. The van der Waals surface area contributed by atoms with E-state index < -0.39 is 35.8 Å². The summed E-state index contributed by atoms with van der Waals surface area (Å²) in [5.74, 6) is -1.98. The number of nitrogens with zero attached hydrogens (tertiary/aromatic N) is 3. The highest BCUT2D eigenvalue weighted by Gasteiger charge is 2.33. The number of hydrogen-bond acceptors (Lipinski definition) is 7. The summed E-state index contributed by atoms with van der Waals surface area (Å²) in [5.41, 5.74) is 0.806. The van der Waals surface area contributed by atoms with Crippen LogP contribution in [0.5, 0.6) is 0 Å². The Kier molecular flexibility index (Phi) is 8.11. The molecular weight excluding hydrogens is 428 g/mol. The van der Waals surface area contributed by atoms with Crippen molar-refractivity contribution in [3.63, 3.8) is 0 Å². The van der Waals surface area contributed by atoms with Crippen LogP contribution in [0.4, 0.5) is 4.79 Å². The predicted octanol–water partition coefficient (Wildman–Crippen LogP) is 0.345. The van der Waals surface area contributed by atoms with E-state index in [9.17, 15) is 19.2 Å². The number of fused-ring (bicyclic) bond motifs is 1. The van der Waals surface area contributed by atoms with Crippen LogP contribution in [0.3, 0.4) is 0 Å². The highest BCUT2D eigenvalue weighted by molar-refractivity contribution is 6.38. The second-order valence-corrected chi connectivity index (χ2v) is 8.07. The molecule has 0 aliphatic carbocycles. The zero-order valence-corrected chi connectivity index (χ0v) is 18.6. The van der Waals surface area contributed by atoms with E-state index >= 15 is 0 Å². The summed E-state index contributed by atoms with van der Waals surface area (Å²) in [4.78, 5) is 54.4. The lowest BCUT2D eigenvalue weighted by molar-refractivity contribution is -0.140. The molecule has 1 aromatic heterocycles. The summed E-state index contributed by atoms with van der Waals surface area (Å²) in [7, 11) is 0. The third-order valence-corrected chi connectivity index (χ3v) is 5.21. The van der Waals surface area contributed by atoms with Crippen LogP contribution in [0.1, 0.15) is 31.7 Å². The van der Waals surface area contributed by atoms with E-state index in [1.165, 1.54) is 6.33 Å². The van der Waals surface area contributed by atoms with Gasteiger partial charge in [-0.3, -0.25) is 14.4 Å². The van der Waals surface area contributed by atoms with Gasteiger partial charge in [0.1, 0.15) is 30.8 Å². The zero-order chi connectivity index (χ0) is 23.8. The number of rotatable bonds is 6. The normalized spacial score (nSPS) is 17.5. The van der Waals surface area contributed by atoms with Gasteiger partial charge in [-0.25, -0.2) is 14.5 Å². The van der Waals surface area contributed by atoms with Gasteiger partial charge in [0.05, 0.1) is 0 Å². The third kappa shape index (κ3) is 6.61. The second kappa shape index (κ2) is 11.2. The molecule has 1 aliphatic heterocycles. The molecule has 2 heterocycles. The van der Waals surface area contributed by atoms with Gasteiger partial charge in [0, 0.05) is 19.5 Å². The van der Waals surface area contributed by atoms with Crippen molar-refractivity contribution in [2.75, 3.05) is 6.54 Å². The first-order valence-electron chi connectivity index (χ1n) is 10.8. The van der Waals surface area contributed by atoms with Gasteiger partial charge in [-0.05, 0) is 17.9 Å². The highest BCUT2D eigenvalue weighted by Crippen LogP contribution is 2.08. The molecule has 2 aromatic rings. The number of carbonyl (C=O) groups excluding carboxylic acids is 4. The maximum atomic E-state index is 13.0. The van der Waals surface area contributed by atoms with Crippen molar-refractivity contribution in [3.8, 4) is 0 Å². The average Bonchev–Trinajstić information content (AvgIpc) is 3.24. The monoisotopic (exact) mass is 456 g/mol. The summed E-state index contributed by atoms with van der Waals surface area (Å²) in [6.07, 6.45) is 1.20. The van der Waals surface area contributed by atoms with Crippen molar-refractivity contribution in [3.05, 3.63) is 48.0 Å². The van der Waals surface area contributed by atoms with Gasteiger partial charge in [0.25, 0.3) is 5.91 Å². The van der Waals surface area contributed by atoms with Crippen molar-refractivity contribution >= 4 is 23.7 Å². The molecule has 0 radical (unpaired) electrons. The SMILES string of the molecule is CC(C)C(NC(=O)OCc1ccccc1)C(=O)NC1Cc2ncnn2CCCNC(=O)C1=O. The number of hydrogen-bond donors (Lipinski definition) is 3. The van der Waals surface area contributed by atoms with Gasteiger partial charge in [-0.15, -0.1) is 0 Å². The standard InChI is InChI=1S/C22H28N6O5/c1-14(2)18(27-22(32)33-12-15-7-4-3-5-8-15)20(30)26-16-11-17-24-13-25-28(17)10-6-9-23-21(31)19(16)29/h3-5,7-8,13-14,16,18H,6,9-12H2,1-2H3,(H,23,31)(H,26,30)(H,27,32). The van der Waals surface area contributed by atoms with Crippen LogP contribution in [0.25, 0.3) is 0 Å². The summed E-state index contributed by atoms with van der Waals surface area (Å²) in [6.45, 7) is 4.37. The van der Waals surface area contributed by atoms with Crippen molar-refractivity contribution < 1.29 is 23.9 Å². The largest absolute Gasteiger partial charge is 0.445 e. The Balaban J connectivity index is 1.67. The minimum Gasteiger partial charge on any atom is -0.445 e. The number of alkyl carbamates (subject to hydrolysis) is 1. The minimum absolute atomic E-state index is 0.00125. The van der Waals surface area contributed by atoms with Crippen molar-refractivity contribution in [1.82, 2.24) is 30.7 Å². The van der Waals surface area contributed by atoms with E-state index in [4.69, 9.17) is 4.74 Å². The summed E-state index contributed by atoms with van der Waals surface area (Å²) >= 11 is 0. The minimum atomic E-state index is -1.15. The van der Waals surface area contributed by atoms with Gasteiger partial charge in [-0.1, -0.05) is 44.2 Å². The Labute approximate surface area is 191 Å². The first-order valence-corrected chi connectivity index (χ1v) is 10.8. The van der Waals surface area contributed by atoms with Gasteiger partial charge in [-0.2, -0.15) is 5.10 Å². The molecule has 0 bridgehead atoms. The fourth-order valence-corrected chi connectivity index (χ4v) is 3.39. The highest BCUT2D eigenvalue weighted by atomic mass is 16.5. The number of ketones is 1. The number of Topliss-reactive ketones (excluding diaryl/α,β-unsaturated/α-hetero) is 1. The van der Waals surface area contributed by atoms with Crippen LogP contribution in [-0.2, 0) is 38.7 Å². The van der Waals surface area contributed by atoms with Crippen molar-refractivity contribution in [2.24, 2.45) is 5.92 Å². The maximum Gasteiger partial charge on any atom is 0.408 e. The first kappa shape index (κ1) is 23.9. The van der Waals surface area contributed by atoms with E-state index in [1.807, 2.05) is 30.3 Å². The Morgan fingerprint density at radius 1 is 1.24 bits per heavy atom. The Bertz CT molecular complexity index is 990. The molecule has 2 atom stereocenters. The molecule has 0 fully saturated rings. The lowest BCUT2D eigenvalue weighted by Crippen LogP contribution is -2.56. The molecule has 33 heavy (non-hydrogen) atoms. The molecule has 0 spiro atoms. The van der Waals surface area contributed by atoms with E-state index in [2.05, 4.69) is 26.0 Å². The van der Waals surface area contributed by atoms with Crippen molar-refractivity contribution in [2.45, 2.75) is 51.9 Å². The smallest absolute Gasteiger partial charge is 0.408 e. The number of aromatic nitrogens is 3. The van der Waals surface area contributed by atoms with E-state index in [1.54, 1.807) is 18.5 Å². The lowest BCUT2D eigenvalue weighted by Gasteiger charge is -2.25. The Morgan fingerprint density at radius 3 is 2.73 bits per heavy atom. The van der Waals surface area contributed by atoms with E-state index in [-0.39, 0.29) is 18.9 Å². The van der Waals surface area contributed by atoms with Crippen LogP contribution in [-0.4, -0.2) is 57.1 Å². The first-order chi connectivity index (χ1) is 15.8. The number of amides is 3. The molecule has 3 rings (SSSR count). The van der Waals surface area contributed by atoms with E-state index in [0.717, 1.165) is 5.56 Å². The molecular formula is C22H28N6O5. The second-order valence-electron chi connectivity index (χ2n) is 8.07.